The van der Waals surface area contributed by atoms with Gasteiger partial charge in [0, 0.05) is 16.3 Å². The molecule has 0 radical (unpaired) electrons. The Kier molecular flexibility index (Phi) is 3.50. The van der Waals surface area contributed by atoms with Crippen LogP contribution in [-0.4, -0.2) is 23.8 Å². The van der Waals surface area contributed by atoms with E-state index >= 15 is 0 Å². The van der Waals surface area contributed by atoms with E-state index in [1.165, 1.54) is 12.1 Å². The normalized spacial score (nSPS) is 21.9. The van der Waals surface area contributed by atoms with Gasteiger partial charge < -0.3 is 10.4 Å². The molecular formula is C11H8ClF3N4O. The number of guanidine groups is 1. The predicted octanol–water partition coefficient (Wildman–Crippen LogP) is 1.94. The monoisotopic (exact) mass is 304 g/mol. The van der Waals surface area contributed by atoms with E-state index < -0.39 is 23.9 Å². The quantitative estimate of drug-likeness (QED) is 0.505. The smallest absolute Gasteiger partial charge is 0.375 e. The molecule has 1 atom stereocenters. The van der Waals surface area contributed by atoms with Gasteiger partial charge in [-0.2, -0.15) is 18.4 Å². The van der Waals surface area contributed by atoms with Gasteiger partial charge in [0.1, 0.15) is 0 Å². The topological polar surface area (TPSA) is 80.4 Å². The number of aliphatic hydroxyl groups is 1. The molecule has 0 saturated heterocycles. The molecule has 1 aromatic rings. The summed E-state index contributed by atoms with van der Waals surface area (Å²) in [5.74, 6) is -0.184. The van der Waals surface area contributed by atoms with Gasteiger partial charge in [0.05, 0.1) is 6.54 Å². The number of fused-ring (bicyclic) bond motifs is 1. The first-order valence-corrected chi connectivity index (χ1v) is 5.71. The Balaban J connectivity index is 2.61. The lowest BCUT2D eigenvalue weighted by molar-refractivity contribution is -0.261. The van der Waals surface area contributed by atoms with Crippen LogP contribution in [0.25, 0.3) is 0 Å². The molecule has 1 heterocycles. The van der Waals surface area contributed by atoms with Crippen LogP contribution in [0.4, 0.5) is 18.9 Å². The molecule has 1 aliphatic heterocycles. The maximum absolute atomic E-state index is 13.2. The Morgan fingerprint density at radius 1 is 1.50 bits per heavy atom. The molecule has 106 valence electrons. The van der Waals surface area contributed by atoms with Crippen LogP contribution in [0.15, 0.2) is 23.2 Å². The fraction of sp³-hybridized carbons (Fsp3) is 0.273. The van der Waals surface area contributed by atoms with Crippen molar-refractivity contribution in [3.63, 3.8) is 0 Å². The van der Waals surface area contributed by atoms with Gasteiger partial charge in [0.15, 0.2) is 6.19 Å². The fourth-order valence-corrected chi connectivity index (χ4v) is 1.95. The van der Waals surface area contributed by atoms with Crippen LogP contribution in [0.5, 0.6) is 0 Å². The Morgan fingerprint density at radius 3 is 2.80 bits per heavy atom. The van der Waals surface area contributed by atoms with Crippen molar-refractivity contribution in [1.29, 1.82) is 5.26 Å². The van der Waals surface area contributed by atoms with E-state index in [1.807, 2.05) is 0 Å². The molecule has 1 aliphatic rings. The van der Waals surface area contributed by atoms with Crippen molar-refractivity contribution in [2.45, 2.75) is 11.8 Å². The third-order valence-electron chi connectivity index (χ3n) is 2.79. The van der Waals surface area contributed by atoms with Crippen LogP contribution in [-0.2, 0) is 5.60 Å². The molecule has 1 aromatic carbocycles. The molecule has 9 heteroatoms. The molecule has 3 N–H and O–H groups in total. The van der Waals surface area contributed by atoms with Crippen molar-refractivity contribution in [2.75, 3.05) is 11.9 Å². The highest BCUT2D eigenvalue weighted by Crippen LogP contribution is 2.44. The lowest BCUT2D eigenvalue weighted by atomic mass is 9.92. The van der Waals surface area contributed by atoms with Gasteiger partial charge in [-0.15, -0.1) is 0 Å². The maximum Gasteiger partial charge on any atom is 0.423 e. The SMILES string of the molecule is N#CNC1=NCC(O)(C(F)(F)F)c2cc(Cl)ccc2N1. The number of alkyl halides is 3. The molecule has 20 heavy (non-hydrogen) atoms. The largest absolute Gasteiger partial charge is 0.423 e. The van der Waals surface area contributed by atoms with Gasteiger partial charge in [0.2, 0.25) is 11.6 Å². The third-order valence-corrected chi connectivity index (χ3v) is 3.02. The summed E-state index contributed by atoms with van der Waals surface area (Å²) in [4.78, 5) is 3.54. The zero-order chi connectivity index (χ0) is 15.0. The summed E-state index contributed by atoms with van der Waals surface area (Å²) >= 11 is 5.69. The van der Waals surface area contributed by atoms with E-state index in [-0.39, 0.29) is 16.7 Å². The van der Waals surface area contributed by atoms with Crippen LogP contribution in [0.2, 0.25) is 5.02 Å². The summed E-state index contributed by atoms with van der Waals surface area (Å²) in [5, 5.41) is 23.2. The van der Waals surface area contributed by atoms with Crippen molar-refractivity contribution in [2.24, 2.45) is 4.99 Å². The van der Waals surface area contributed by atoms with Crippen molar-refractivity contribution < 1.29 is 18.3 Å². The molecule has 0 amide bonds. The van der Waals surface area contributed by atoms with E-state index in [2.05, 4.69) is 15.6 Å². The van der Waals surface area contributed by atoms with Crippen molar-refractivity contribution in [3.8, 4) is 6.19 Å². The molecule has 1 unspecified atom stereocenters. The number of halogens is 4. The molecule has 0 spiro atoms. The number of hydrogen-bond donors (Lipinski definition) is 3. The molecular weight excluding hydrogens is 297 g/mol. The minimum absolute atomic E-state index is 0.0341. The van der Waals surface area contributed by atoms with E-state index in [9.17, 15) is 18.3 Å². The summed E-state index contributed by atoms with van der Waals surface area (Å²) in [6, 6.07) is 3.65. The standard InChI is InChI=1S/C11H8ClF3N4O/c12-6-1-2-8-7(3-6)10(20,11(13,14)15)4-17-9(19-8)18-5-16/h1-3,20H,4H2,(H2,17,18,19). The Morgan fingerprint density at radius 2 is 2.20 bits per heavy atom. The summed E-state index contributed by atoms with van der Waals surface area (Å²) < 4.78 is 39.5. The summed E-state index contributed by atoms with van der Waals surface area (Å²) in [7, 11) is 0. The summed E-state index contributed by atoms with van der Waals surface area (Å²) in [5.41, 5.74) is -3.66. The number of benzene rings is 1. The van der Waals surface area contributed by atoms with Crippen molar-refractivity contribution >= 4 is 23.2 Å². The molecule has 5 nitrogen and oxygen atoms in total. The molecule has 0 aromatic heterocycles. The number of nitriles is 1. The molecule has 0 fully saturated rings. The second-order valence-corrected chi connectivity index (χ2v) is 4.51. The second kappa shape index (κ2) is 4.85. The maximum atomic E-state index is 13.2. The second-order valence-electron chi connectivity index (χ2n) is 4.07. The number of nitrogens with zero attached hydrogens (tertiary/aromatic N) is 2. The minimum Gasteiger partial charge on any atom is -0.375 e. The van der Waals surface area contributed by atoms with Crippen molar-refractivity contribution in [3.05, 3.63) is 28.8 Å². The number of nitrogens with one attached hydrogen (secondary N) is 2. The highest BCUT2D eigenvalue weighted by atomic mass is 35.5. The number of aliphatic imine (C=N–C) groups is 1. The van der Waals surface area contributed by atoms with Gasteiger partial charge in [-0.05, 0) is 18.2 Å². The lowest BCUT2D eigenvalue weighted by Crippen LogP contribution is -2.45. The predicted molar refractivity (Wildman–Crippen MR) is 66.1 cm³/mol. The number of hydrogen-bond acceptors (Lipinski definition) is 5. The average Bonchev–Trinajstić information content (AvgIpc) is 2.49. The van der Waals surface area contributed by atoms with Crippen LogP contribution < -0.4 is 10.6 Å². The fourth-order valence-electron chi connectivity index (χ4n) is 1.78. The van der Waals surface area contributed by atoms with E-state index in [4.69, 9.17) is 16.9 Å². The Hall–Kier alpha value is -1.98. The van der Waals surface area contributed by atoms with E-state index in [0.29, 0.717) is 0 Å². The summed E-state index contributed by atoms with van der Waals surface area (Å²) in [6.07, 6.45) is -3.40. The van der Waals surface area contributed by atoms with Crippen LogP contribution in [0.1, 0.15) is 5.56 Å². The van der Waals surface area contributed by atoms with Gasteiger partial charge >= 0.3 is 6.18 Å². The van der Waals surface area contributed by atoms with E-state index in [1.54, 1.807) is 6.19 Å². The zero-order valence-electron chi connectivity index (χ0n) is 9.79. The molecule has 2 rings (SSSR count). The minimum atomic E-state index is -4.94. The van der Waals surface area contributed by atoms with E-state index in [0.717, 1.165) is 6.07 Å². The lowest BCUT2D eigenvalue weighted by Gasteiger charge is -2.29. The molecule has 0 aliphatic carbocycles. The first-order chi connectivity index (χ1) is 9.28. The van der Waals surface area contributed by atoms with Gasteiger partial charge in [-0.1, -0.05) is 11.6 Å². The third kappa shape index (κ3) is 2.37. The highest BCUT2D eigenvalue weighted by Gasteiger charge is 2.56. The Bertz CT molecular complexity index is 611. The van der Waals surface area contributed by atoms with Gasteiger partial charge in [-0.25, -0.2) is 4.99 Å². The average molecular weight is 305 g/mol. The number of rotatable bonds is 0. The first-order valence-electron chi connectivity index (χ1n) is 5.33. The number of anilines is 1. The van der Waals surface area contributed by atoms with Crippen LogP contribution in [0.3, 0.4) is 0 Å². The molecule has 0 saturated carbocycles. The highest BCUT2D eigenvalue weighted by molar-refractivity contribution is 6.30. The van der Waals surface area contributed by atoms with Gasteiger partial charge in [-0.3, -0.25) is 5.32 Å². The molecule has 0 bridgehead atoms. The van der Waals surface area contributed by atoms with Crippen LogP contribution in [0, 0.1) is 11.5 Å². The zero-order valence-corrected chi connectivity index (χ0v) is 10.5. The Labute approximate surface area is 116 Å². The summed E-state index contributed by atoms with van der Waals surface area (Å²) in [6.45, 7) is -0.985. The van der Waals surface area contributed by atoms with Crippen LogP contribution >= 0.6 is 11.6 Å². The van der Waals surface area contributed by atoms with Gasteiger partial charge in [0.25, 0.3) is 0 Å². The van der Waals surface area contributed by atoms with Crippen molar-refractivity contribution in [1.82, 2.24) is 5.32 Å². The first kappa shape index (κ1) is 14.4.